The number of aryl methyl sites for hydroxylation is 1. The van der Waals surface area contributed by atoms with Gasteiger partial charge in [-0.3, -0.25) is 15.0 Å². The molecule has 7 nitrogen and oxygen atoms in total. The van der Waals surface area contributed by atoms with E-state index in [1.54, 1.807) is 0 Å². The number of nitrogens with two attached hydrogens (primary N) is 1. The van der Waals surface area contributed by atoms with E-state index < -0.39 is 6.10 Å². The molecule has 22 heavy (non-hydrogen) atoms. The maximum Gasteiger partial charge on any atom is 0.262 e. The molecule has 4 N–H and O–H groups in total. The topological polar surface area (TPSA) is 103 Å². The first kappa shape index (κ1) is 16.3. The molecule has 0 spiro atoms. The molecule has 0 bridgehead atoms. The fourth-order valence-electron chi connectivity index (χ4n) is 2.22. The van der Waals surface area contributed by atoms with Gasteiger partial charge in [-0.2, -0.15) is 0 Å². The minimum absolute atomic E-state index is 0.0493. The van der Waals surface area contributed by atoms with Crippen molar-refractivity contribution in [1.29, 1.82) is 0 Å². The molecule has 7 heteroatoms. The van der Waals surface area contributed by atoms with Gasteiger partial charge in [0.15, 0.2) is 6.61 Å². The van der Waals surface area contributed by atoms with Crippen LogP contribution in [0.15, 0.2) is 24.3 Å². The zero-order chi connectivity index (χ0) is 15.9. The lowest BCUT2D eigenvalue weighted by atomic mass is 10.0. The Kier molecular flexibility index (Phi) is 5.74. The van der Waals surface area contributed by atoms with Crippen molar-refractivity contribution in [2.75, 3.05) is 13.2 Å². The van der Waals surface area contributed by atoms with Crippen LogP contribution in [0.4, 0.5) is 0 Å². The van der Waals surface area contributed by atoms with Crippen molar-refractivity contribution in [3.05, 3.63) is 29.8 Å². The van der Waals surface area contributed by atoms with Crippen LogP contribution in [0.5, 0.6) is 5.75 Å². The Morgan fingerprint density at radius 1 is 1.32 bits per heavy atom. The minimum Gasteiger partial charge on any atom is -0.484 e. The first-order valence-electron chi connectivity index (χ1n) is 7.19. The van der Waals surface area contributed by atoms with Crippen LogP contribution in [0.2, 0.25) is 0 Å². The van der Waals surface area contributed by atoms with E-state index in [1.165, 1.54) is 0 Å². The van der Waals surface area contributed by atoms with Crippen LogP contribution in [0.3, 0.4) is 0 Å². The molecule has 0 unspecified atom stereocenters. The van der Waals surface area contributed by atoms with E-state index in [-0.39, 0.29) is 31.1 Å². The summed E-state index contributed by atoms with van der Waals surface area (Å²) < 4.78 is 10.8. The second-order valence-corrected chi connectivity index (χ2v) is 5.27. The summed E-state index contributed by atoms with van der Waals surface area (Å²) in [7, 11) is 0. The third-order valence-corrected chi connectivity index (χ3v) is 3.47. The summed E-state index contributed by atoms with van der Waals surface area (Å²) in [5, 5.41) is 2.83. The molecule has 1 heterocycles. The number of carbonyl (C=O) groups is 2. The maximum atomic E-state index is 11.8. The number of hydrazine groups is 1. The van der Waals surface area contributed by atoms with Crippen LogP contribution < -0.4 is 21.3 Å². The fraction of sp³-hybridized carbons (Fsp3) is 0.467. The molecule has 1 saturated heterocycles. The van der Waals surface area contributed by atoms with Crippen LogP contribution in [0, 0.1) is 6.92 Å². The number of rotatable bonds is 5. The first-order chi connectivity index (χ1) is 10.6. The van der Waals surface area contributed by atoms with Crippen molar-refractivity contribution >= 4 is 11.8 Å². The normalized spacial score (nSPS) is 21.0. The maximum absolute atomic E-state index is 11.8. The number of carbonyl (C=O) groups excluding carboxylic acids is 2. The van der Waals surface area contributed by atoms with Gasteiger partial charge in [-0.1, -0.05) is 17.7 Å². The molecule has 0 aliphatic carbocycles. The van der Waals surface area contributed by atoms with Gasteiger partial charge in [0, 0.05) is 0 Å². The quantitative estimate of drug-likeness (QED) is 0.404. The van der Waals surface area contributed by atoms with Gasteiger partial charge in [-0.05, 0) is 31.9 Å². The van der Waals surface area contributed by atoms with E-state index in [4.69, 9.17) is 15.3 Å². The third kappa shape index (κ3) is 4.71. The molecule has 1 aromatic carbocycles. The summed E-state index contributed by atoms with van der Waals surface area (Å²) in [6.07, 6.45) is 0.642. The lowest BCUT2D eigenvalue weighted by Crippen LogP contribution is -2.49. The van der Waals surface area contributed by atoms with Crippen molar-refractivity contribution in [2.24, 2.45) is 5.84 Å². The molecule has 0 saturated carbocycles. The van der Waals surface area contributed by atoms with Crippen LogP contribution in [0.1, 0.15) is 18.4 Å². The minimum atomic E-state index is -0.540. The number of nitrogens with one attached hydrogen (secondary N) is 2. The van der Waals surface area contributed by atoms with Crippen molar-refractivity contribution in [1.82, 2.24) is 10.7 Å². The molecule has 120 valence electrons. The second-order valence-electron chi connectivity index (χ2n) is 5.27. The van der Waals surface area contributed by atoms with E-state index in [0.29, 0.717) is 18.6 Å². The van der Waals surface area contributed by atoms with E-state index in [2.05, 4.69) is 10.7 Å². The highest BCUT2D eigenvalue weighted by molar-refractivity contribution is 5.80. The molecule has 0 aromatic heterocycles. The summed E-state index contributed by atoms with van der Waals surface area (Å²) in [4.78, 5) is 23.1. The average Bonchev–Trinajstić information content (AvgIpc) is 2.54. The van der Waals surface area contributed by atoms with E-state index in [1.807, 2.05) is 31.2 Å². The first-order valence-corrected chi connectivity index (χ1v) is 7.19. The number of ether oxygens (including phenoxy) is 2. The molecule has 2 rings (SSSR count). The SMILES string of the molecule is Cc1ccc(OCC(=O)N[C@@H]2CC[C@@H](C(=O)NN)OC2)cc1. The smallest absolute Gasteiger partial charge is 0.262 e. The molecule has 0 radical (unpaired) electrons. The molecule has 1 aliphatic heterocycles. The van der Waals surface area contributed by atoms with Gasteiger partial charge in [-0.15, -0.1) is 0 Å². The molecular weight excluding hydrogens is 286 g/mol. The molecular formula is C15H21N3O4. The molecule has 1 aliphatic rings. The lowest BCUT2D eigenvalue weighted by Gasteiger charge is -2.28. The second kappa shape index (κ2) is 7.77. The summed E-state index contributed by atoms with van der Waals surface area (Å²) in [6.45, 7) is 2.22. The van der Waals surface area contributed by atoms with Crippen LogP contribution >= 0.6 is 0 Å². The molecule has 1 aromatic rings. The van der Waals surface area contributed by atoms with E-state index in [0.717, 1.165) is 5.56 Å². The lowest BCUT2D eigenvalue weighted by molar-refractivity contribution is -0.137. The monoisotopic (exact) mass is 307 g/mol. The van der Waals surface area contributed by atoms with E-state index in [9.17, 15) is 9.59 Å². The highest BCUT2D eigenvalue weighted by atomic mass is 16.5. The van der Waals surface area contributed by atoms with Crippen LogP contribution in [-0.4, -0.2) is 37.2 Å². The van der Waals surface area contributed by atoms with Gasteiger partial charge >= 0.3 is 0 Å². The van der Waals surface area contributed by atoms with Crippen molar-refractivity contribution in [2.45, 2.75) is 31.9 Å². The standard InChI is InChI=1S/C15H21N3O4/c1-10-2-5-12(6-3-10)21-9-14(19)17-11-4-7-13(22-8-11)15(20)18-16/h2-3,5-6,11,13H,4,7-9,16H2,1H3,(H,17,19)(H,18,20)/t11-,13+/m1/s1. The number of benzene rings is 1. The number of hydrogen-bond acceptors (Lipinski definition) is 5. The Morgan fingerprint density at radius 2 is 2.05 bits per heavy atom. The molecule has 1 fully saturated rings. The van der Waals surface area contributed by atoms with Gasteiger partial charge in [0.1, 0.15) is 11.9 Å². The largest absolute Gasteiger partial charge is 0.484 e. The average molecular weight is 307 g/mol. The zero-order valence-corrected chi connectivity index (χ0v) is 12.5. The van der Waals surface area contributed by atoms with Crippen molar-refractivity contribution in [3.8, 4) is 5.75 Å². The summed E-state index contributed by atoms with van der Waals surface area (Å²) >= 11 is 0. The Morgan fingerprint density at radius 3 is 2.64 bits per heavy atom. The Labute approximate surface area is 129 Å². The predicted octanol–water partition coefficient (Wildman–Crippen LogP) is 0.0275. The predicted molar refractivity (Wildman–Crippen MR) is 79.9 cm³/mol. The van der Waals surface area contributed by atoms with Gasteiger partial charge < -0.3 is 14.8 Å². The van der Waals surface area contributed by atoms with E-state index >= 15 is 0 Å². The number of amides is 2. The zero-order valence-electron chi connectivity index (χ0n) is 12.5. The Balaban J connectivity index is 1.69. The molecule has 2 atom stereocenters. The summed E-state index contributed by atoms with van der Waals surface area (Å²) in [5.41, 5.74) is 3.19. The summed E-state index contributed by atoms with van der Waals surface area (Å²) in [6, 6.07) is 7.37. The van der Waals surface area contributed by atoms with Gasteiger partial charge in [-0.25, -0.2) is 5.84 Å². The van der Waals surface area contributed by atoms with Crippen LogP contribution in [-0.2, 0) is 14.3 Å². The van der Waals surface area contributed by atoms with Gasteiger partial charge in [0.25, 0.3) is 11.8 Å². The summed E-state index contributed by atoms with van der Waals surface area (Å²) in [5.74, 6) is 5.16. The highest BCUT2D eigenvalue weighted by Crippen LogP contribution is 2.14. The van der Waals surface area contributed by atoms with Crippen molar-refractivity contribution in [3.63, 3.8) is 0 Å². The Bertz CT molecular complexity index is 510. The van der Waals surface area contributed by atoms with Crippen molar-refractivity contribution < 1.29 is 19.1 Å². The fourth-order valence-corrected chi connectivity index (χ4v) is 2.22. The highest BCUT2D eigenvalue weighted by Gasteiger charge is 2.27. The number of hydrogen-bond donors (Lipinski definition) is 3. The Hall–Kier alpha value is -2.12. The van der Waals surface area contributed by atoms with Gasteiger partial charge in [0.05, 0.1) is 12.6 Å². The third-order valence-electron chi connectivity index (χ3n) is 3.47. The molecule has 2 amide bonds. The van der Waals surface area contributed by atoms with Crippen LogP contribution in [0.25, 0.3) is 0 Å². The van der Waals surface area contributed by atoms with Gasteiger partial charge in [0.2, 0.25) is 0 Å².